The number of rotatable bonds is 4. The van der Waals surface area contributed by atoms with E-state index in [2.05, 4.69) is 5.32 Å². The minimum Gasteiger partial charge on any atom is -0.376 e. The Bertz CT molecular complexity index is 592. The van der Waals surface area contributed by atoms with Crippen LogP contribution in [0.3, 0.4) is 0 Å². The third-order valence-corrected chi connectivity index (χ3v) is 3.54. The molecule has 8 heteroatoms. The number of aromatic nitrogens is 1. The average molecular weight is 318 g/mol. The van der Waals surface area contributed by atoms with Gasteiger partial charge in [0.2, 0.25) is 5.91 Å². The van der Waals surface area contributed by atoms with E-state index in [1.165, 1.54) is 0 Å². The molecular weight excluding hydrogens is 301 g/mol. The molecule has 0 saturated carbocycles. The van der Waals surface area contributed by atoms with E-state index < -0.39 is 29.8 Å². The Labute approximate surface area is 125 Å². The van der Waals surface area contributed by atoms with E-state index in [9.17, 15) is 22.8 Å². The average Bonchev–Trinajstić information content (AvgIpc) is 2.94. The molecule has 1 aromatic heterocycles. The number of hydrogen-bond donors (Lipinski definition) is 1. The first-order valence-corrected chi connectivity index (χ1v) is 6.96. The number of carbonyl (C=O) groups excluding carboxylic acids is 1. The van der Waals surface area contributed by atoms with E-state index in [-0.39, 0.29) is 12.1 Å². The summed E-state index contributed by atoms with van der Waals surface area (Å²) in [6.07, 6.45) is -2.26. The van der Waals surface area contributed by atoms with Gasteiger partial charge in [-0.3, -0.25) is 9.59 Å². The summed E-state index contributed by atoms with van der Waals surface area (Å²) in [5, 5.41) is 2.65. The van der Waals surface area contributed by atoms with Crippen molar-refractivity contribution in [1.29, 1.82) is 0 Å². The van der Waals surface area contributed by atoms with Gasteiger partial charge in [0.1, 0.15) is 6.54 Å². The van der Waals surface area contributed by atoms with Gasteiger partial charge < -0.3 is 14.6 Å². The lowest BCUT2D eigenvalue weighted by Crippen LogP contribution is -2.43. The van der Waals surface area contributed by atoms with Gasteiger partial charge in [-0.15, -0.1) is 0 Å². The van der Waals surface area contributed by atoms with Gasteiger partial charge in [0, 0.05) is 18.9 Å². The van der Waals surface area contributed by atoms with Gasteiger partial charge in [-0.2, -0.15) is 13.2 Å². The summed E-state index contributed by atoms with van der Waals surface area (Å²) in [5.74, 6) is -0.524. The van der Waals surface area contributed by atoms with Crippen LogP contribution in [0.4, 0.5) is 13.2 Å². The van der Waals surface area contributed by atoms with Crippen molar-refractivity contribution in [3.8, 4) is 0 Å². The number of nitrogens with zero attached hydrogens (tertiary/aromatic N) is 1. The zero-order chi connectivity index (χ0) is 16.3. The number of pyridine rings is 1. The van der Waals surface area contributed by atoms with E-state index in [0.717, 1.165) is 23.5 Å². The predicted molar refractivity (Wildman–Crippen MR) is 72.3 cm³/mol. The molecule has 2 atom stereocenters. The first kappa shape index (κ1) is 16.5. The van der Waals surface area contributed by atoms with E-state index in [1.807, 2.05) is 0 Å². The van der Waals surface area contributed by atoms with Crippen molar-refractivity contribution in [2.45, 2.75) is 44.6 Å². The topological polar surface area (TPSA) is 60.3 Å². The maximum atomic E-state index is 12.6. The molecule has 0 aliphatic carbocycles. The van der Waals surface area contributed by atoms with E-state index >= 15 is 0 Å². The molecule has 0 bridgehead atoms. The van der Waals surface area contributed by atoms with Crippen molar-refractivity contribution in [1.82, 2.24) is 9.88 Å². The SMILES string of the molecule is C[C@H](NC(=O)Cn1cc(C(F)(F)F)ccc1=O)[C@H]1CCCO1. The van der Waals surface area contributed by atoms with Crippen molar-refractivity contribution < 1.29 is 22.7 Å². The van der Waals surface area contributed by atoms with Crippen LogP contribution in [0.25, 0.3) is 0 Å². The van der Waals surface area contributed by atoms with Gasteiger partial charge in [-0.05, 0) is 25.8 Å². The molecule has 1 N–H and O–H groups in total. The fourth-order valence-electron chi connectivity index (χ4n) is 2.37. The lowest BCUT2D eigenvalue weighted by Gasteiger charge is -2.20. The molecule has 0 aromatic carbocycles. The Morgan fingerprint density at radius 3 is 2.82 bits per heavy atom. The summed E-state index contributed by atoms with van der Waals surface area (Å²) in [7, 11) is 0. The monoisotopic (exact) mass is 318 g/mol. The molecule has 1 fully saturated rings. The van der Waals surface area contributed by atoms with E-state index in [0.29, 0.717) is 18.9 Å². The van der Waals surface area contributed by atoms with Crippen molar-refractivity contribution in [2.24, 2.45) is 0 Å². The summed E-state index contributed by atoms with van der Waals surface area (Å²) in [6, 6.07) is 1.25. The molecule has 1 aliphatic heterocycles. The van der Waals surface area contributed by atoms with Crippen molar-refractivity contribution in [2.75, 3.05) is 6.61 Å². The standard InChI is InChI=1S/C14H17F3N2O3/c1-9(11-3-2-6-22-11)18-12(20)8-19-7-10(14(15,16)17)4-5-13(19)21/h4-5,7,9,11H,2-3,6,8H2,1H3,(H,18,20)/t9-,11+/m0/s1. The van der Waals surface area contributed by atoms with Crippen LogP contribution in [-0.2, 0) is 22.3 Å². The van der Waals surface area contributed by atoms with Gasteiger partial charge in [0.25, 0.3) is 5.56 Å². The second-order valence-electron chi connectivity index (χ2n) is 5.29. The summed E-state index contributed by atoms with van der Waals surface area (Å²) in [6.45, 7) is 1.95. The molecule has 2 heterocycles. The van der Waals surface area contributed by atoms with Crippen molar-refractivity contribution in [3.05, 3.63) is 34.2 Å². The lowest BCUT2D eigenvalue weighted by atomic mass is 10.1. The highest BCUT2D eigenvalue weighted by molar-refractivity contribution is 5.76. The molecule has 0 radical (unpaired) electrons. The van der Waals surface area contributed by atoms with Crippen LogP contribution in [0.5, 0.6) is 0 Å². The Morgan fingerprint density at radius 2 is 2.23 bits per heavy atom. The first-order valence-electron chi connectivity index (χ1n) is 6.96. The number of amides is 1. The summed E-state index contributed by atoms with van der Waals surface area (Å²) < 4.78 is 44.0. The maximum Gasteiger partial charge on any atom is 0.417 e. The molecule has 1 aliphatic rings. The number of ether oxygens (including phenoxy) is 1. The quantitative estimate of drug-likeness (QED) is 0.916. The van der Waals surface area contributed by atoms with Gasteiger partial charge in [-0.1, -0.05) is 0 Å². The maximum absolute atomic E-state index is 12.6. The lowest BCUT2D eigenvalue weighted by molar-refractivity contribution is -0.138. The number of hydrogen-bond acceptors (Lipinski definition) is 3. The van der Waals surface area contributed by atoms with E-state index in [1.54, 1.807) is 6.92 Å². The first-order chi connectivity index (χ1) is 10.3. The fourth-order valence-corrected chi connectivity index (χ4v) is 2.37. The zero-order valence-electron chi connectivity index (χ0n) is 12.0. The van der Waals surface area contributed by atoms with Gasteiger partial charge in [-0.25, -0.2) is 0 Å². The zero-order valence-corrected chi connectivity index (χ0v) is 12.0. The fraction of sp³-hybridized carbons (Fsp3) is 0.571. The molecule has 1 amide bonds. The third-order valence-electron chi connectivity index (χ3n) is 3.54. The molecule has 5 nitrogen and oxygen atoms in total. The Balaban J connectivity index is 2.03. The number of nitrogens with one attached hydrogen (secondary N) is 1. The largest absolute Gasteiger partial charge is 0.417 e. The normalized spacial score (nSPS) is 19.9. The molecule has 122 valence electrons. The smallest absolute Gasteiger partial charge is 0.376 e. The van der Waals surface area contributed by atoms with E-state index in [4.69, 9.17) is 4.74 Å². The highest BCUT2D eigenvalue weighted by Crippen LogP contribution is 2.27. The summed E-state index contributed by atoms with van der Waals surface area (Å²) >= 11 is 0. The molecule has 22 heavy (non-hydrogen) atoms. The van der Waals surface area contributed by atoms with Gasteiger partial charge in [0.05, 0.1) is 17.7 Å². The highest BCUT2D eigenvalue weighted by atomic mass is 19.4. The van der Waals surface area contributed by atoms with Gasteiger partial charge in [0.15, 0.2) is 0 Å². The summed E-state index contributed by atoms with van der Waals surface area (Å²) in [4.78, 5) is 23.5. The second kappa shape index (κ2) is 6.51. The van der Waals surface area contributed by atoms with Gasteiger partial charge >= 0.3 is 6.18 Å². The van der Waals surface area contributed by atoms with Crippen LogP contribution >= 0.6 is 0 Å². The number of carbonyl (C=O) groups is 1. The van der Waals surface area contributed by atoms with Crippen LogP contribution in [0, 0.1) is 0 Å². The third kappa shape index (κ3) is 4.09. The Kier molecular flexibility index (Phi) is 4.90. The number of halogens is 3. The molecular formula is C14H17F3N2O3. The minimum atomic E-state index is -4.56. The molecule has 1 aromatic rings. The van der Waals surface area contributed by atoms with Crippen LogP contribution in [0.15, 0.2) is 23.1 Å². The molecule has 0 spiro atoms. The number of alkyl halides is 3. The minimum absolute atomic E-state index is 0.0952. The van der Waals surface area contributed by atoms with Crippen LogP contribution in [0.1, 0.15) is 25.3 Å². The van der Waals surface area contributed by atoms with Crippen LogP contribution in [0.2, 0.25) is 0 Å². The molecule has 0 unspecified atom stereocenters. The Morgan fingerprint density at radius 1 is 1.50 bits per heavy atom. The molecule has 2 rings (SSSR count). The van der Waals surface area contributed by atoms with Crippen molar-refractivity contribution in [3.63, 3.8) is 0 Å². The second-order valence-corrected chi connectivity index (χ2v) is 5.29. The highest BCUT2D eigenvalue weighted by Gasteiger charge is 2.31. The molecule has 1 saturated heterocycles. The van der Waals surface area contributed by atoms with Crippen LogP contribution < -0.4 is 10.9 Å². The van der Waals surface area contributed by atoms with Crippen molar-refractivity contribution >= 4 is 5.91 Å². The summed E-state index contributed by atoms with van der Waals surface area (Å²) in [5.41, 5.74) is -1.63. The van der Waals surface area contributed by atoms with Crippen LogP contribution in [-0.4, -0.2) is 29.2 Å². The Hall–Kier alpha value is -1.83. The predicted octanol–water partition coefficient (Wildman–Crippen LogP) is 1.55.